The van der Waals surface area contributed by atoms with E-state index in [4.69, 9.17) is 5.11 Å². The smallest absolute Gasteiger partial charge is 0.471 e. The highest BCUT2D eigenvalue weighted by Gasteiger charge is 2.39. The Kier molecular flexibility index (Phi) is 3.35. The summed E-state index contributed by atoms with van der Waals surface area (Å²) in [6.07, 6.45) is -5.15. The molecule has 17 heavy (non-hydrogen) atoms. The van der Waals surface area contributed by atoms with Crippen molar-refractivity contribution in [2.45, 2.75) is 6.18 Å². The van der Waals surface area contributed by atoms with Crippen molar-refractivity contribution < 1.29 is 32.3 Å². The molecule has 0 aliphatic heterocycles. The lowest BCUT2D eigenvalue weighted by molar-refractivity contribution is -0.167. The number of nitrogens with one attached hydrogen (secondary N) is 1. The van der Waals surface area contributed by atoms with Crippen LogP contribution in [0, 0.1) is 5.82 Å². The van der Waals surface area contributed by atoms with Crippen molar-refractivity contribution in [1.29, 1.82) is 0 Å². The van der Waals surface area contributed by atoms with Crippen LogP contribution in [-0.4, -0.2) is 23.2 Å². The molecular formula is C9H5F4NO3. The van der Waals surface area contributed by atoms with E-state index in [0.717, 1.165) is 12.1 Å². The summed E-state index contributed by atoms with van der Waals surface area (Å²) in [4.78, 5) is 21.2. The van der Waals surface area contributed by atoms with Crippen molar-refractivity contribution >= 4 is 17.6 Å². The first-order valence-electron chi connectivity index (χ1n) is 4.13. The van der Waals surface area contributed by atoms with Gasteiger partial charge in [0, 0.05) is 0 Å². The number of alkyl halides is 3. The number of carboxylic acids is 1. The predicted octanol–water partition coefficient (Wildman–Crippen LogP) is 2.02. The summed E-state index contributed by atoms with van der Waals surface area (Å²) < 4.78 is 48.4. The number of rotatable bonds is 2. The summed E-state index contributed by atoms with van der Waals surface area (Å²) in [5.74, 6) is -4.92. The van der Waals surface area contributed by atoms with Gasteiger partial charge in [0.15, 0.2) is 0 Å². The fraction of sp³-hybridized carbons (Fsp3) is 0.111. The number of anilines is 1. The maximum atomic E-state index is 12.7. The third-order valence-electron chi connectivity index (χ3n) is 1.72. The molecule has 4 nitrogen and oxygen atoms in total. The lowest BCUT2D eigenvalue weighted by Crippen LogP contribution is -2.30. The minimum atomic E-state index is -5.15. The van der Waals surface area contributed by atoms with Gasteiger partial charge in [0.1, 0.15) is 5.82 Å². The predicted molar refractivity (Wildman–Crippen MR) is 48.0 cm³/mol. The van der Waals surface area contributed by atoms with Crippen LogP contribution in [-0.2, 0) is 4.79 Å². The van der Waals surface area contributed by atoms with E-state index >= 15 is 0 Å². The SMILES string of the molecule is O=C(O)c1cc(F)ccc1NC(=O)C(F)(F)F. The van der Waals surface area contributed by atoms with Crippen LogP contribution in [0.15, 0.2) is 18.2 Å². The molecule has 0 aliphatic rings. The Labute approximate surface area is 91.9 Å². The van der Waals surface area contributed by atoms with Crippen LogP contribution in [0.1, 0.15) is 10.4 Å². The topological polar surface area (TPSA) is 66.4 Å². The van der Waals surface area contributed by atoms with E-state index in [-0.39, 0.29) is 0 Å². The molecule has 8 heteroatoms. The molecule has 0 saturated heterocycles. The number of halogens is 4. The molecule has 0 aliphatic carbocycles. The van der Waals surface area contributed by atoms with Crippen molar-refractivity contribution in [2.24, 2.45) is 0 Å². The lowest BCUT2D eigenvalue weighted by Gasteiger charge is -2.10. The van der Waals surface area contributed by atoms with Gasteiger partial charge < -0.3 is 10.4 Å². The van der Waals surface area contributed by atoms with Gasteiger partial charge in [-0.15, -0.1) is 0 Å². The second kappa shape index (κ2) is 4.40. The van der Waals surface area contributed by atoms with Gasteiger partial charge in [-0.2, -0.15) is 13.2 Å². The van der Waals surface area contributed by atoms with Crippen molar-refractivity contribution in [2.75, 3.05) is 5.32 Å². The quantitative estimate of drug-likeness (QED) is 0.790. The van der Waals surface area contributed by atoms with Gasteiger partial charge in [-0.1, -0.05) is 0 Å². The van der Waals surface area contributed by atoms with Gasteiger partial charge in [-0.05, 0) is 18.2 Å². The molecule has 2 N–H and O–H groups in total. The number of aromatic carboxylic acids is 1. The number of benzene rings is 1. The fourth-order valence-corrected chi connectivity index (χ4v) is 0.996. The fourth-order valence-electron chi connectivity index (χ4n) is 0.996. The molecule has 0 saturated carbocycles. The summed E-state index contributed by atoms with van der Waals surface area (Å²) in [6.45, 7) is 0. The molecule has 92 valence electrons. The lowest BCUT2D eigenvalue weighted by atomic mass is 10.1. The van der Waals surface area contributed by atoms with E-state index in [0.29, 0.717) is 6.07 Å². The maximum Gasteiger partial charge on any atom is 0.471 e. The zero-order valence-corrected chi connectivity index (χ0v) is 8.01. The number of hydrogen-bond donors (Lipinski definition) is 2. The first-order valence-corrected chi connectivity index (χ1v) is 4.13. The van der Waals surface area contributed by atoms with E-state index in [1.807, 2.05) is 0 Å². The Balaban J connectivity index is 3.07. The Morgan fingerprint density at radius 1 is 1.24 bits per heavy atom. The van der Waals surface area contributed by atoms with E-state index in [1.165, 1.54) is 5.32 Å². The summed E-state index contributed by atoms with van der Waals surface area (Å²) in [6, 6.07) is 1.98. The highest BCUT2D eigenvalue weighted by molar-refractivity contribution is 6.02. The highest BCUT2D eigenvalue weighted by atomic mass is 19.4. The Morgan fingerprint density at radius 2 is 1.82 bits per heavy atom. The van der Waals surface area contributed by atoms with Crippen LogP contribution in [0.5, 0.6) is 0 Å². The van der Waals surface area contributed by atoms with Crippen molar-refractivity contribution in [3.8, 4) is 0 Å². The largest absolute Gasteiger partial charge is 0.478 e. The molecule has 0 spiro atoms. The van der Waals surface area contributed by atoms with E-state index in [9.17, 15) is 27.2 Å². The van der Waals surface area contributed by atoms with Gasteiger partial charge in [0.25, 0.3) is 0 Å². The minimum Gasteiger partial charge on any atom is -0.478 e. The average molecular weight is 251 g/mol. The van der Waals surface area contributed by atoms with Crippen LogP contribution in [0.2, 0.25) is 0 Å². The molecule has 0 radical (unpaired) electrons. The molecule has 1 rings (SSSR count). The highest BCUT2D eigenvalue weighted by Crippen LogP contribution is 2.21. The first kappa shape index (κ1) is 12.9. The van der Waals surface area contributed by atoms with Crippen LogP contribution < -0.4 is 5.32 Å². The summed E-state index contributed by atoms with van der Waals surface area (Å²) in [5.41, 5.74) is -1.39. The number of carbonyl (C=O) groups is 2. The van der Waals surface area contributed by atoms with E-state index < -0.39 is 35.1 Å². The third kappa shape index (κ3) is 3.16. The van der Waals surface area contributed by atoms with Crippen molar-refractivity contribution in [1.82, 2.24) is 0 Å². The van der Waals surface area contributed by atoms with Crippen molar-refractivity contribution in [3.63, 3.8) is 0 Å². The average Bonchev–Trinajstić information content (AvgIpc) is 2.18. The number of hydrogen-bond acceptors (Lipinski definition) is 2. The zero-order valence-electron chi connectivity index (χ0n) is 8.01. The van der Waals surface area contributed by atoms with Crippen LogP contribution >= 0.6 is 0 Å². The Morgan fingerprint density at radius 3 is 2.29 bits per heavy atom. The van der Waals surface area contributed by atoms with E-state index in [2.05, 4.69) is 0 Å². The zero-order chi connectivity index (χ0) is 13.2. The van der Waals surface area contributed by atoms with Gasteiger partial charge in [-0.3, -0.25) is 4.79 Å². The molecule has 0 atom stereocenters. The molecule has 1 aromatic rings. The molecule has 0 unspecified atom stereocenters. The van der Waals surface area contributed by atoms with Gasteiger partial charge in [0.2, 0.25) is 0 Å². The third-order valence-corrected chi connectivity index (χ3v) is 1.72. The normalized spacial score (nSPS) is 11.1. The van der Waals surface area contributed by atoms with Gasteiger partial charge in [-0.25, -0.2) is 9.18 Å². The first-order chi connectivity index (χ1) is 7.71. The van der Waals surface area contributed by atoms with Crippen molar-refractivity contribution in [3.05, 3.63) is 29.6 Å². The molecule has 0 bridgehead atoms. The molecular weight excluding hydrogens is 246 g/mol. The summed E-state index contributed by atoms with van der Waals surface area (Å²) in [5, 5.41) is 9.95. The van der Waals surface area contributed by atoms with Gasteiger partial charge in [0.05, 0.1) is 11.3 Å². The molecule has 0 heterocycles. The minimum absolute atomic E-state index is 0.508. The molecule has 1 amide bonds. The number of carboxylic acid groups (broad SMARTS) is 1. The second-order valence-corrected chi connectivity index (χ2v) is 2.95. The van der Waals surface area contributed by atoms with Crippen LogP contribution in [0.4, 0.5) is 23.2 Å². The second-order valence-electron chi connectivity index (χ2n) is 2.95. The molecule has 0 fully saturated rings. The van der Waals surface area contributed by atoms with Gasteiger partial charge >= 0.3 is 18.1 Å². The molecule has 1 aromatic carbocycles. The monoisotopic (exact) mass is 251 g/mol. The molecule has 0 aromatic heterocycles. The van der Waals surface area contributed by atoms with Crippen LogP contribution in [0.3, 0.4) is 0 Å². The Hall–Kier alpha value is -2.12. The standard InChI is InChI=1S/C9H5F4NO3/c10-4-1-2-6(5(3-4)7(15)16)14-8(17)9(11,12)13/h1-3H,(H,14,17)(H,15,16). The Bertz CT molecular complexity index is 470. The maximum absolute atomic E-state index is 12.7. The summed E-state index contributed by atoms with van der Waals surface area (Å²) in [7, 11) is 0. The van der Waals surface area contributed by atoms with Crippen LogP contribution in [0.25, 0.3) is 0 Å². The number of carbonyl (C=O) groups excluding carboxylic acids is 1. The number of amides is 1. The summed E-state index contributed by atoms with van der Waals surface area (Å²) >= 11 is 0. The van der Waals surface area contributed by atoms with E-state index in [1.54, 1.807) is 0 Å².